The monoisotopic (exact) mass is 463 g/mol. The Morgan fingerprint density at radius 3 is 2.28 bits per heavy atom. The summed E-state index contributed by atoms with van der Waals surface area (Å²) in [5.41, 5.74) is 1.70. The summed E-state index contributed by atoms with van der Waals surface area (Å²) < 4.78 is 5.74. The van der Waals surface area contributed by atoms with Gasteiger partial charge in [-0.2, -0.15) is 0 Å². The molecular weight excluding hydrogens is 446 g/mol. The number of aromatic nitrogens is 1. The SMILES string of the molecule is O=C(Cc1csc(NC(=O)c2ccc(Cl)cc2)n1)Nc1ccc(Oc2ccccc2)cc1. The van der Waals surface area contributed by atoms with E-state index in [0.29, 0.717) is 32.8 Å². The quantitative estimate of drug-likeness (QED) is 0.351. The average Bonchev–Trinajstić information content (AvgIpc) is 3.22. The largest absolute Gasteiger partial charge is 0.457 e. The fourth-order valence-corrected chi connectivity index (χ4v) is 3.65. The number of benzene rings is 3. The molecule has 160 valence electrons. The summed E-state index contributed by atoms with van der Waals surface area (Å²) in [6.07, 6.45) is 0.0928. The van der Waals surface area contributed by atoms with E-state index in [1.807, 2.05) is 30.3 Å². The normalized spacial score (nSPS) is 10.4. The molecule has 0 atom stereocenters. The van der Waals surface area contributed by atoms with Gasteiger partial charge in [0.15, 0.2) is 5.13 Å². The Hall–Kier alpha value is -3.68. The standard InChI is InChI=1S/C24H18ClN3O3S/c25-17-8-6-16(7-9-17)23(30)28-24-27-19(15-32-24)14-22(29)26-18-10-12-21(13-11-18)31-20-4-2-1-3-5-20/h1-13,15H,14H2,(H,26,29)(H,27,28,30). The van der Waals surface area contributed by atoms with Gasteiger partial charge in [-0.3, -0.25) is 14.9 Å². The zero-order chi connectivity index (χ0) is 22.3. The molecule has 4 rings (SSSR count). The molecule has 3 aromatic carbocycles. The summed E-state index contributed by atoms with van der Waals surface area (Å²) in [6, 6.07) is 23.1. The van der Waals surface area contributed by atoms with Crippen molar-refractivity contribution in [2.45, 2.75) is 6.42 Å². The van der Waals surface area contributed by atoms with Gasteiger partial charge in [0.1, 0.15) is 11.5 Å². The van der Waals surface area contributed by atoms with E-state index >= 15 is 0 Å². The highest BCUT2D eigenvalue weighted by Crippen LogP contribution is 2.23. The first kappa shape index (κ1) is 21.5. The van der Waals surface area contributed by atoms with Crippen LogP contribution in [0, 0.1) is 0 Å². The third-order valence-corrected chi connectivity index (χ3v) is 5.40. The van der Waals surface area contributed by atoms with Crippen LogP contribution in [0.4, 0.5) is 10.8 Å². The minimum atomic E-state index is -0.287. The zero-order valence-electron chi connectivity index (χ0n) is 16.7. The molecule has 0 spiro atoms. The highest BCUT2D eigenvalue weighted by molar-refractivity contribution is 7.14. The van der Waals surface area contributed by atoms with Crippen LogP contribution in [-0.2, 0) is 11.2 Å². The third-order valence-electron chi connectivity index (χ3n) is 4.34. The molecule has 1 heterocycles. The molecule has 2 amide bonds. The van der Waals surface area contributed by atoms with Gasteiger partial charge >= 0.3 is 0 Å². The van der Waals surface area contributed by atoms with Crippen molar-refractivity contribution < 1.29 is 14.3 Å². The lowest BCUT2D eigenvalue weighted by molar-refractivity contribution is -0.115. The molecule has 0 unspecified atom stereocenters. The maximum atomic E-state index is 12.4. The molecular formula is C24H18ClN3O3S. The second-order valence-corrected chi connectivity index (χ2v) is 8.06. The van der Waals surface area contributed by atoms with Gasteiger partial charge in [-0.25, -0.2) is 4.98 Å². The predicted molar refractivity (Wildman–Crippen MR) is 127 cm³/mol. The topological polar surface area (TPSA) is 80.3 Å². The Bertz CT molecular complexity index is 1210. The van der Waals surface area contributed by atoms with Crippen LogP contribution in [0.2, 0.25) is 5.02 Å². The summed E-state index contributed by atoms with van der Waals surface area (Å²) in [4.78, 5) is 28.9. The van der Waals surface area contributed by atoms with Crippen LogP contribution in [0.5, 0.6) is 11.5 Å². The van der Waals surface area contributed by atoms with Gasteiger partial charge in [-0.1, -0.05) is 29.8 Å². The molecule has 0 aliphatic heterocycles. The second-order valence-electron chi connectivity index (χ2n) is 6.77. The zero-order valence-corrected chi connectivity index (χ0v) is 18.3. The van der Waals surface area contributed by atoms with Crippen LogP contribution in [0.3, 0.4) is 0 Å². The molecule has 2 N–H and O–H groups in total. The first-order valence-corrected chi connectivity index (χ1v) is 10.9. The lowest BCUT2D eigenvalue weighted by Gasteiger charge is -2.07. The van der Waals surface area contributed by atoms with E-state index in [-0.39, 0.29) is 18.2 Å². The Kier molecular flexibility index (Phi) is 6.79. The number of nitrogens with one attached hydrogen (secondary N) is 2. The first-order chi connectivity index (χ1) is 15.5. The maximum absolute atomic E-state index is 12.4. The number of amides is 2. The molecule has 0 saturated heterocycles. The number of hydrogen-bond donors (Lipinski definition) is 2. The Labute approximate surface area is 193 Å². The Morgan fingerprint density at radius 2 is 1.56 bits per heavy atom. The van der Waals surface area contributed by atoms with Crippen molar-refractivity contribution >= 4 is 45.6 Å². The number of rotatable bonds is 7. The number of ether oxygens (including phenoxy) is 1. The molecule has 0 fully saturated rings. The molecule has 1 aromatic heterocycles. The van der Waals surface area contributed by atoms with E-state index in [9.17, 15) is 9.59 Å². The van der Waals surface area contributed by atoms with Gasteiger partial charge in [0.25, 0.3) is 5.91 Å². The van der Waals surface area contributed by atoms with Crippen molar-refractivity contribution in [2.24, 2.45) is 0 Å². The van der Waals surface area contributed by atoms with Crippen LogP contribution in [-0.4, -0.2) is 16.8 Å². The van der Waals surface area contributed by atoms with E-state index in [0.717, 1.165) is 5.75 Å². The number of carbonyl (C=O) groups excluding carboxylic acids is 2. The summed E-state index contributed by atoms with van der Waals surface area (Å²) >= 11 is 7.10. The van der Waals surface area contributed by atoms with Crippen LogP contribution in [0.25, 0.3) is 0 Å². The Morgan fingerprint density at radius 1 is 0.875 bits per heavy atom. The highest BCUT2D eigenvalue weighted by Gasteiger charge is 2.12. The van der Waals surface area contributed by atoms with E-state index in [1.54, 1.807) is 53.9 Å². The van der Waals surface area contributed by atoms with Gasteiger partial charge in [-0.05, 0) is 60.7 Å². The van der Waals surface area contributed by atoms with Gasteiger partial charge in [0, 0.05) is 21.7 Å². The molecule has 0 aliphatic rings. The lowest BCUT2D eigenvalue weighted by atomic mass is 10.2. The van der Waals surface area contributed by atoms with Crippen LogP contribution >= 0.6 is 22.9 Å². The highest BCUT2D eigenvalue weighted by atomic mass is 35.5. The van der Waals surface area contributed by atoms with Crippen LogP contribution in [0.1, 0.15) is 16.1 Å². The van der Waals surface area contributed by atoms with Crippen molar-refractivity contribution in [1.82, 2.24) is 4.98 Å². The number of thiazole rings is 1. The van der Waals surface area contributed by atoms with Crippen molar-refractivity contribution in [3.8, 4) is 11.5 Å². The minimum absolute atomic E-state index is 0.0928. The number of para-hydroxylation sites is 1. The van der Waals surface area contributed by atoms with E-state index < -0.39 is 0 Å². The molecule has 0 bridgehead atoms. The van der Waals surface area contributed by atoms with E-state index in [4.69, 9.17) is 16.3 Å². The summed E-state index contributed by atoms with van der Waals surface area (Å²) in [7, 11) is 0. The smallest absolute Gasteiger partial charge is 0.257 e. The van der Waals surface area contributed by atoms with Crippen LogP contribution < -0.4 is 15.4 Å². The van der Waals surface area contributed by atoms with Gasteiger partial charge in [0.05, 0.1) is 12.1 Å². The van der Waals surface area contributed by atoms with Crippen molar-refractivity contribution in [1.29, 1.82) is 0 Å². The number of anilines is 2. The minimum Gasteiger partial charge on any atom is -0.457 e. The summed E-state index contributed by atoms with van der Waals surface area (Å²) in [5, 5.41) is 8.29. The molecule has 8 heteroatoms. The fraction of sp³-hybridized carbons (Fsp3) is 0.0417. The number of nitrogens with zero attached hydrogens (tertiary/aromatic N) is 1. The lowest BCUT2D eigenvalue weighted by Crippen LogP contribution is -2.15. The van der Waals surface area contributed by atoms with Gasteiger partial charge in [0.2, 0.25) is 5.91 Å². The average molecular weight is 464 g/mol. The molecule has 4 aromatic rings. The van der Waals surface area contributed by atoms with Crippen molar-refractivity contribution in [2.75, 3.05) is 10.6 Å². The van der Waals surface area contributed by atoms with E-state index in [1.165, 1.54) is 11.3 Å². The predicted octanol–water partition coefficient (Wildman–Crippen LogP) is 6.02. The first-order valence-electron chi connectivity index (χ1n) is 9.69. The Balaban J connectivity index is 1.29. The summed E-state index contributed by atoms with van der Waals surface area (Å²) in [6.45, 7) is 0. The second kappa shape index (κ2) is 10.1. The maximum Gasteiger partial charge on any atom is 0.257 e. The molecule has 32 heavy (non-hydrogen) atoms. The number of hydrogen-bond acceptors (Lipinski definition) is 5. The summed E-state index contributed by atoms with van der Waals surface area (Å²) in [5.74, 6) is 0.925. The molecule has 0 saturated carbocycles. The van der Waals surface area contributed by atoms with Gasteiger partial charge in [-0.15, -0.1) is 11.3 Å². The fourth-order valence-electron chi connectivity index (χ4n) is 2.82. The molecule has 6 nitrogen and oxygen atoms in total. The van der Waals surface area contributed by atoms with Crippen LogP contribution in [0.15, 0.2) is 84.2 Å². The number of halogens is 1. The third kappa shape index (κ3) is 5.94. The molecule has 0 radical (unpaired) electrons. The van der Waals surface area contributed by atoms with Crippen molar-refractivity contribution in [3.63, 3.8) is 0 Å². The van der Waals surface area contributed by atoms with Gasteiger partial charge < -0.3 is 10.1 Å². The van der Waals surface area contributed by atoms with E-state index in [2.05, 4.69) is 15.6 Å². The molecule has 0 aliphatic carbocycles. The number of carbonyl (C=O) groups is 2. The van der Waals surface area contributed by atoms with Crippen molar-refractivity contribution in [3.05, 3.63) is 101 Å².